The summed E-state index contributed by atoms with van der Waals surface area (Å²) in [5.41, 5.74) is 0.338. The van der Waals surface area contributed by atoms with Crippen molar-refractivity contribution in [3.8, 4) is 0 Å². The molecule has 0 saturated carbocycles. The van der Waals surface area contributed by atoms with Crippen molar-refractivity contribution in [2.24, 2.45) is 11.3 Å². The van der Waals surface area contributed by atoms with Crippen molar-refractivity contribution in [1.29, 1.82) is 0 Å². The molecule has 1 saturated heterocycles. The van der Waals surface area contributed by atoms with Gasteiger partial charge in [0.25, 0.3) is 0 Å². The predicted molar refractivity (Wildman–Crippen MR) is 75.9 cm³/mol. The van der Waals surface area contributed by atoms with Crippen LogP contribution in [0, 0.1) is 11.3 Å². The molecule has 108 valence electrons. The fourth-order valence-corrected chi connectivity index (χ4v) is 3.06. The Morgan fingerprint density at radius 3 is 2.61 bits per heavy atom. The van der Waals surface area contributed by atoms with E-state index in [1.165, 1.54) is 25.7 Å². The van der Waals surface area contributed by atoms with Gasteiger partial charge in [-0.25, -0.2) is 0 Å². The summed E-state index contributed by atoms with van der Waals surface area (Å²) in [7, 11) is 1.75. The van der Waals surface area contributed by atoms with E-state index >= 15 is 0 Å². The lowest BCUT2D eigenvalue weighted by Gasteiger charge is -2.35. The lowest BCUT2D eigenvalue weighted by molar-refractivity contribution is 0.0471. The summed E-state index contributed by atoms with van der Waals surface area (Å²) in [5, 5.41) is 3.55. The Labute approximate surface area is 113 Å². The van der Waals surface area contributed by atoms with Gasteiger partial charge in [0.05, 0.1) is 12.7 Å². The van der Waals surface area contributed by atoms with Crippen LogP contribution in [-0.4, -0.2) is 39.5 Å². The minimum Gasteiger partial charge on any atom is -0.383 e. The number of rotatable bonds is 9. The van der Waals surface area contributed by atoms with E-state index in [-0.39, 0.29) is 0 Å². The number of methoxy groups -OCH3 is 1. The largest absolute Gasteiger partial charge is 0.383 e. The van der Waals surface area contributed by atoms with Crippen LogP contribution >= 0.6 is 0 Å². The van der Waals surface area contributed by atoms with Crippen LogP contribution < -0.4 is 5.32 Å². The van der Waals surface area contributed by atoms with Crippen LogP contribution in [0.3, 0.4) is 0 Å². The molecule has 2 unspecified atom stereocenters. The van der Waals surface area contributed by atoms with Gasteiger partial charge in [0, 0.05) is 32.2 Å². The molecule has 3 heteroatoms. The van der Waals surface area contributed by atoms with Gasteiger partial charge in [0.1, 0.15) is 0 Å². The molecule has 0 spiro atoms. The predicted octanol–water partition coefficient (Wildman–Crippen LogP) is 2.84. The van der Waals surface area contributed by atoms with E-state index in [1.54, 1.807) is 7.11 Å². The second-order valence-corrected chi connectivity index (χ2v) is 5.68. The average Bonchev–Trinajstić information content (AvgIpc) is 2.74. The van der Waals surface area contributed by atoms with Crippen molar-refractivity contribution < 1.29 is 9.47 Å². The molecule has 3 nitrogen and oxygen atoms in total. The first-order valence-corrected chi connectivity index (χ1v) is 7.49. The third-order valence-corrected chi connectivity index (χ3v) is 4.64. The van der Waals surface area contributed by atoms with Crippen molar-refractivity contribution in [1.82, 2.24) is 5.32 Å². The van der Waals surface area contributed by atoms with Crippen LogP contribution in [0.5, 0.6) is 0 Å². The molecule has 0 aliphatic carbocycles. The Kier molecular flexibility index (Phi) is 7.20. The van der Waals surface area contributed by atoms with Gasteiger partial charge in [-0.15, -0.1) is 0 Å². The van der Waals surface area contributed by atoms with Crippen LogP contribution in [0.1, 0.15) is 46.5 Å². The first kappa shape index (κ1) is 15.9. The molecule has 1 heterocycles. The molecule has 0 aromatic rings. The van der Waals surface area contributed by atoms with Gasteiger partial charge in [-0.05, 0) is 25.7 Å². The van der Waals surface area contributed by atoms with Gasteiger partial charge >= 0.3 is 0 Å². The number of hydrogen-bond donors (Lipinski definition) is 1. The maximum Gasteiger partial charge on any atom is 0.0616 e. The molecular formula is C15H31NO2. The Morgan fingerprint density at radius 2 is 2.11 bits per heavy atom. The molecule has 0 amide bonds. The van der Waals surface area contributed by atoms with E-state index in [1.807, 2.05) is 0 Å². The number of hydrogen-bond acceptors (Lipinski definition) is 3. The van der Waals surface area contributed by atoms with E-state index in [0.717, 1.165) is 32.2 Å². The maximum absolute atomic E-state index is 5.84. The molecule has 1 N–H and O–H groups in total. The van der Waals surface area contributed by atoms with E-state index in [9.17, 15) is 0 Å². The third-order valence-electron chi connectivity index (χ3n) is 4.64. The summed E-state index contributed by atoms with van der Waals surface area (Å²) in [6.07, 6.45) is 5.44. The van der Waals surface area contributed by atoms with Crippen molar-refractivity contribution in [2.45, 2.75) is 52.6 Å². The molecule has 2 atom stereocenters. The van der Waals surface area contributed by atoms with Crippen molar-refractivity contribution in [2.75, 3.05) is 33.4 Å². The molecule has 1 aliphatic rings. The van der Waals surface area contributed by atoms with Gasteiger partial charge in [0.15, 0.2) is 0 Å². The zero-order valence-corrected chi connectivity index (χ0v) is 12.6. The SMILES string of the molecule is CCC(CC)CC1(CNCCOC)CCOC1C. The average molecular weight is 257 g/mol. The fourth-order valence-electron chi connectivity index (χ4n) is 3.06. The van der Waals surface area contributed by atoms with Gasteiger partial charge < -0.3 is 14.8 Å². The maximum atomic E-state index is 5.84. The van der Waals surface area contributed by atoms with Crippen LogP contribution in [-0.2, 0) is 9.47 Å². The minimum atomic E-state index is 0.338. The summed E-state index contributed by atoms with van der Waals surface area (Å²) < 4.78 is 10.9. The Bertz CT molecular complexity index is 219. The number of nitrogens with one attached hydrogen (secondary N) is 1. The van der Waals surface area contributed by atoms with Crippen LogP contribution in [0.2, 0.25) is 0 Å². The second kappa shape index (κ2) is 8.13. The molecule has 1 aliphatic heterocycles. The monoisotopic (exact) mass is 257 g/mol. The molecule has 1 rings (SSSR count). The summed E-state index contributed by atoms with van der Waals surface area (Å²) >= 11 is 0. The first-order chi connectivity index (χ1) is 8.68. The van der Waals surface area contributed by atoms with Gasteiger partial charge in [-0.3, -0.25) is 0 Å². The standard InChI is InChI=1S/C15H31NO2/c1-5-14(6-2)11-15(7-9-18-13(15)3)12-16-8-10-17-4/h13-14,16H,5-12H2,1-4H3. The fraction of sp³-hybridized carbons (Fsp3) is 1.00. The van der Waals surface area contributed by atoms with Gasteiger partial charge in [0.2, 0.25) is 0 Å². The Balaban J connectivity index is 2.52. The van der Waals surface area contributed by atoms with E-state index in [4.69, 9.17) is 9.47 Å². The zero-order valence-electron chi connectivity index (χ0n) is 12.6. The van der Waals surface area contributed by atoms with E-state index in [2.05, 4.69) is 26.1 Å². The highest BCUT2D eigenvalue weighted by molar-refractivity contribution is 4.92. The van der Waals surface area contributed by atoms with Crippen LogP contribution in [0.15, 0.2) is 0 Å². The smallest absolute Gasteiger partial charge is 0.0616 e. The lowest BCUT2D eigenvalue weighted by Crippen LogP contribution is -2.41. The van der Waals surface area contributed by atoms with E-state index < -0.39 is 0 Å². The van der Waals surface area contributed by atoms with Gasteiger partial charge in [-0.2, -0.15) is 0 Å². The molecule has 0 aromatic carbocycles. The van der Waals surface area contributed by atoms with Crippen LogP contribution in [0.4, 0.5) is 0 Å². The Morgan fingerprint density at radius 1 is 1.39 bits per heavy atom. The number of ether oxygens (including phenoxy) is 2. The highest BCUT2D eigenvalue weighted by atomic mass is 16.5. The normalized spacial score (nSPS) is 28.2. The van der Waals surface area contributed by atoms with Crippen LogP contribution in [0.25, 0.3) is 0 Å². The van der Waals surface area contributed by atoms with Crippen molar-refractivity contribution in [3.63, 3.8) is 0 Å². The van der Waals surface area contributed by atoms with Gasteiger partial charge in [-0.1, -0.05) is 26.7 Å². The summed E-state index contributed by atoms with van der Waals surface area (Å²) in [5.74, 6) is 0.832. The summed E-state index contributed by atoms with van der Waals surface area (Å²) in [6, 6.07) is 0. The lowest BCUT2D eigenvalue weighted by atomic mass is 9.73. The molecule has 0 radical (unpaired) electrons. The van der Waals surface area contributed by atoms with E-state index in [0.29, 0.717) is 11.5 Å². The molecule has 1 fully saturated rings. The second-order valence-electron chi connectivity index (χ2n) is 5.68. The topological polar surface area (TPSA) is 30.5 Å². The van der Waals surface area contributed by atoms with Crippen molar-refractivity contribution in [3.05, 3.63) is 0 Å². The quantitative estimate of drug-likeness (QED) is 0.644. The molecule has 0 bridgehead atoms. The molecule has 18 heavy (non-hydrogen) atoms. The zero-order chi connectivity index (χ0) is 13.4. The molecule has 0 aromatic heterocycles. The summed E-state index contributed by atoms with van der Waals surface area (Å²) in [4.78, 5) is 0. The highest BCUT2D eigenvalue weighted by Gasteiger charge is 2.41. The van der Waals surface area contributed by atoms with Crippen molar-refractivity contribution >= 4 is 0 Å². The minimum absolute atomic E-state index is 0.338. The summed E-state index contributed by atoms with van der Waals surface area (Å²) in [6.45, 7) is 10.6. The first-order valence-electron chi connectivity index (χ1n) is 7.49. The Hall–Kier alpha value is -0.120. The third kappa shape index (κ3) is 4.22. The highest BCUT2D eigenvalue weighted by Crippen LogP contribution is 2.41. The molecular weight excluding hydrogens is 226 g/mol.